The van der Waals surface area contributed by atoms with Crippen LogP contribution in [0.5, 0.6) is 11.5 Å². The number of aliphatic hydroxyl groups is 1. The molecule has 0 aliphatic rings. The zero-order chi connectivity index (χ0) is 11.3. The van der Waals surface area contributed by atoms with Crippen molar-refractivity contribution in [2.24, 2.45) is 0 Å². The van der Waals surface area contributed by atoms with Crippen molar-refractivity contribution in [2.45, 2.75) is 6.10 Å². The number of hydrogen-bond donors (Lipinski definition) is 3. The number of benzene rings is 1. The summed E-state index contributed by atoms with van der Waals surface area (Å²) in [5.74, 6) is 0.816. The van der Waals surface area contributed by atoms with E-state index in [0.717, 1.165) is 0 Å². The fourth-order valence-corrected chi connectivity index (χ4v) is 1.18. The molecule has 0 spiro atoms. The minimum absolute atomic E-state index is 0.0797. The molecular formula is C10H14ClNO3. The molecule has 0 aromatic heterocycles. The molecule has 0 radical (unpaired) electrons. The first-order valence-corrected chi connectivity index (χ1v) is 5.05. The van der Waals surface area contributed by atoms with Gasteiger partial charge in [0.1, 0.15) is 11.5 Å². The number of nitrogens with one attached hydrogen (secondary N) is 1. The second-order valence-corrected chi connectivity index (χ2v) is 3.38. The first kappa shape index (κ1) is 11.9. The number of hydrogen-bond acceptors (Lipinski definition) is 4. The number of phenolic OH excluding ortho intramolecular Hbond substituents is 1. The maximum atomic E-state index is 9.55. The van der Waals surface area contributed by atoms with Crippen molar-refractivity contribution in [1.29, 1.82) is 0 Å². The van der Waals surface area contributed by atoms with Crippen molar-refractivity contribution in [3.63, 3.8) is 0 Å². The van der Waals surface area contributed by atoms with Crippen LogP contribution >= 0.6 is 11.6 Å². The van der Waals surface area contributed by atoms with E-state index >= 15 is 0 Å². The lowest BCUT2D eigenvalue weighted by molar-refractivity contribution is 0.211. The van der Waals surface area contributed by atoms with Gasteiger partial charge in [-0.15, -0.1) is 11.6 Å². The van der Waals surface area contributed by atoms with E-state index in [2.05, 4.69) is 5.32 Å². The number of halogens is 1. The summed E-state index contributed by atoms with van der Waals surface area (Å²) in [6.45, 7) is 0.295. The van der Waals surface area contributed by atoms with Gasteiger partial charge in [0.15, 0.2) is 0 Å². The number of phenols is 1. The third-order valence-corrected chi connectivity index (χ3v) is 2.27. The standard InChI is InChI=1S/C10H14ClNO3/c1-15-8-2-3-9(10(14)4-8)12-6-7(13)5-11/h2-4,7,12-14H,5-6H2,1H3. The van der Waals surface area contributed by atoms with Crippen LogP contribution in [0.4, 0.5) is 5.69 Å². The average molecular weight is 232 g/mol. The maximum absolute atomic E-state index is 9.55. The molecule has 0 amide bonds. The topological polar surface area (TPSA) is 61.7 Å². The molecule has 1 aromatic carbocycles. The van der Waals surface area contributed by atoms with Crippen LogP contribution in [0.3, 0.4) is 0 Å². The Hall–Kier alpha value is -1.13. The van der Waals surface area contributed by atoms with Gasteiger partial charge in [0, 0.05) is 12.6 Å². The molecule has 0 aliphatic heterocycles. The number of methoxy groups -OCH3 is 1. The van der Waals surface area contributed by atoms with Gasteiger partial charge in [-0.3, -0.25) is 0 Å². The van der Waals surface area contributed by atoms with E-state index in [4.69, 9.17) is 16.3 Å². The van der Waals surface area contributed by atoms with E-state index in [1.165, 1.54) is 13.2 Å². The molecule has 5 heteroatoms. The van der Waals surface area contributed by atoms with Crippen LogP contribution in [-0.2, 0) is 0 Å². The Morgan fingerprint density at radius 1 is 1.53 bits per heavy atom. The lowest BCUT2D eigenvalue weighted by Crippen LogP contribution is -2.20. The van der Waals surface area contributed by atoms with E-state index in [0.29, 0.717) is 18.0 Å². The highest BCUT2D eigenvalue weighted by atomic mass is 35.5. The van der Waals surface area contributed by atoms with Gasteiger partial charge in [0.25, 0.3) is 0 Å². The molecule has 0 saturated carbocycles. The van der Waals surface area contributed by atoms with Crippen LogP contribution in [-0.4, -0.2) is 35.9 Å². The predicted molar refractivity (Wildman–Crippen MR) is 59.9 cm³/mol. The van der Waals surface area contributed by atoms with Gasteiger partial charge in [-0.1, -0.05) is 0 Å². The average Bonchev–Trinajstić information content (AvgIpc) is 2.26. The third kappa shape index (κ3) is 3.49. The van der Waals surface area contributed by atoms with Gasteiger partial charge in [-0.2, -0.15) is 0 Å². The van der Waals surface area contributed by atoms with E-state index in [1.807, 2.05) is 0 Å². The molecule has 0 fully saturated rings. The number of anilines is 1. The van der Waals surface area contributed by atoms with Crippen molar-refractivity contribution >= 4 is 17.3 Å². The van der Waals surface area contributed by atoms with Crippen LogP contribution in [0.1, 0.15) is 0 Å². The SMILES string of the molecule is COc1ccc(NCC(O)CCl)c(O)c1. The van der Waals surface area contributed by atoms with Crippen LogP contribution in [0, 0.1) is 0 Å². The second-order valence-electron chi connectivity index (χ2n) is 3.07. The summed E-state index contributed by atoms with van der Waals surface area (Å²) in [4.78, 5) is 0. The smallest absolute Gasteiger partial charge is 0.142 e. The molecule has 0 saturated heterocycles. The lowest BCUT2D eigenvalue weighted by atomic mass is 10.2. The Morgan fingerprint density at radius 3 is 2.80 bits per heavy atom. The summed E-state index contributed by atoms with van der Waals surface area (Å²) < 4.78 is 4.94. The predicted octanol–water partition coefficient (Wildman–Crippen LogP) is 1.41. The number of alkyl halides is 1. The molecule has 15 heavy (non-hydrogen) atoms. The number of rotatable bonds is 5. The Morgan fingerprint density at radius 2 is 2.27 bits per heavy atom. The van der Waals surface area contributed by atoms with Crippen LogP contribution in [0.25, 0.3) is 0 Å². The van der Waals surface area contributed by atoms with Gasteiger partial charge in [-0.05, 0) is 12.1 Å². The minimum Gasteiger partial charge on any atom is -0.506 e. The lowest BCUT2D eigenvalue weighted by Gasteiger charge is -2.11. The molecule has 84 valence electrons. The molecule has 1 unspecified atom stereocenters. The zero-order valence-corrected chi connectivity index (χ0v) is 9.16. The number of aromatic hydroxyl groups is 1. The fraction of sp³-hybridized carbons (Fsp3) is 0.400. The summed E-state index contributed by atoms with van der Waals surface area (Å²) in [5.41, 5.74) is 0.542. The Labute approximate surface area is 93.4 Å². The summed E-state index contributed by atoms with van der Waals surface area (Å²) in [5, 5.41) is 21.6. The fourth-order valence-electron chi connectivity index (χ4n) is 1.07. The normalized spacial score (nSPS) is 12.2. The highest BCUT2D eigenvalue weighted by molar-refractivity contribution is 6.18. The Kier molecular flexibility index (Phi) is 4.52. The Bertz CT molecular complexity index is 320. The minimum atomic E-state index is -0.631. The molecule has 1 atom stereocenters. The van der Waals surface area contributed by atoms with E-state index in [1.54, 1.807) is 12.1 Å². The monoisotopic (exact) mass is 231 g/mol. The molecule has 0 heterocycles. The molecular weight excluding hydrogens is 218 g/mol. The molecule has 0 aliphatic carbocycles. The summed E-state index contributed by atoms with van der Waals surface area (Å²) in [6, 6.07) is 4.89. The molecule has 3 N–H and O–H groups in total. The van der Waals surface area contributed by atoms with E-state index in [-0.39, 0.29) is 11.6 Å². The largest absolute Gasteiger partial charge is 0.506 e. The highest BCUT2D eigenvalue weighted by Crippen LogP contribution is 2.27. The van der Waals surface area contributed by atoms with Crippen molar-refractivity contribution in [1.82, 2.24) is 0 Å². The van der Waals surface area contributed by atoms with Crippen molar-refractivity contribution < 1.29 is 14.9 Å². The first-order chi connectivity index (χ1) is 7.17. The van der Waals surface area contributed by atoms with E-state index in [9.17, 15) is 10.2 Å². The molecule has 1 rings (SSSR count). The van der Waals surface area contributed by atoms with Crippen molar-refractivity contribution in [3.8, 4) is 11.5 Å². The van der Waals surface area contributed by atoms with Gasteiger partial charge in [0.2, 0.25) is 0 Å². The Balaban J connectivity index is 2.62. The second kappa shape index (κ2) is 5.68. The number of ether oxygens (including phenoxy) is 1. The quantitative estimate of drug-likeness (QED) is 0.530. The summed E-state index contributed by atoms with van der Waals surface area (Å²) in [7, 11) is 1.53. The van der Waals surface area contributed by atoms with Crippen LogP contribution < -0.4 is 10.1 Å². The van der Waals surface area contributed by atoms with E-state index < -0.39 is 6.10 Å². The summed E-state index contributed by atoms with van der Waals surface area (Å²) >= 11 is 5.43. The molecule has 0 bridgehead atoms. The summed E-state index contributed by atoms with van der Waals surface area (Å²) in [6.07, 6.45) is -0.631. The zero-order valence-electron chi connectivity index (χ0n) is 8.40. The maximum Gasteiger partial charge on any atom is 0.142 e. The first-order valence-electron chi connectivity index (χ1n) is 4.52. The van der Waals surface area contributed by atoms with Gasteiger partial charge in [0.05, 0.1) is 24.8 Å². The van der Waals surface area contributed by atoms with Crippen LogP contribution in [0.15, 0.2) is 18.2 Å². The van der Waals surface area contributed by atoms with Gasteiger partial charge in [-0.25, -0.2) is 0 Å². The third-order valence-electron chi connectivity index (χ3n) is 1.91. The van der Waals surface area contributed by atoms with Crippen molar-refractivity contribution in [2.75, 3.05) is 24.9 Å². The van der Waals surface area contributed by atoms with Gasteiger partial charge < -0.3 is 20.3 Å². The molecule has 1 aromatic rings. The molecule has 4 nitrogen and oxygen atoms in total. The van der Waals surface area contributed by atoms with Gasteiger partial charge >= 0.3 is 0 Å². The van der Waals surface area contributed by atoms with Crippen LogP contribution in [0.2, 0.25) is 0 Å². The highest BCUT2D eigenvalue weighted by Gasteiger charge is 2.05. The number of aliphatic hydroxyl groups excluding tert-OH is 1. The van der Waals surface area contributed by atoms with Crippen molar-refractivity contribution in [3.05, 3.63) is 18.2 Å².